The van der Waals surface area contributed by atoms with E-state index in [-0.39, 0.29) is 0 Å². The minimum absolute atomic E-state index is 0.750. The molecule has 0 aliphatic carbocycles. The number of benzene rings is 1. The lowest BCUT2D eigenvalue weighted by Crippen LogP contribution is -2.02. The van der Waals surface area contributed by atoms with Gasteiger partial charge in [-0.15, -0.1) is 0 Å². The lowest BCUT2D eigenvalue weighted by Gasteiger charge is -2.10. The highest BCUT2D eigenvalue weighted by molar-refractivity contribution is 9.10. The third kappa shape index (κ3) is 2.15. The molecular formula is C12H12BrClN2. The van der Waals surface area contributed by atoms with Crippen molar-refractivity contribution in [3.8, 4) is 0 Å². The van der Waals surface area contributed by atoms with Gasteiger partial charge in [0.15, 0.2) is 0 Å². The molecule has 0 amide bonds. The summed E-state index contributed by atoms with van der Waals surface area (Å²) in [6.07, 6.45) is 2.84. The van der Waals surface area contributed by atoms with E-state index in [4.69, 9.17) is 11.6 Å². The van der Waals surface area contributed by atoms with E-state index in [9.17, 15) is 0 Å². The molecule has 0 atom stereocenters. The number of halogens is 2. The number of nitrogens with one attached hydrogen (secondary N) is 1. The quantitative estimate of drug-likeness (QED) is 0.904. The average molecular weight is 300 g/mol. The fourth-order valence-corrected chi connectivity index (χ4v) is 2.35. The van der Waals surface area contributed by atoms with E-state index in [2.05, 4.69) is 33.2 Å². The Bertz CT molecular complexity index is 514. The maximum absolute atomic E-state index is 6.16. The van der Waals surface area contributed by atoms with Crippen LogP contribution in [-0.2, 0) is 0 Å². The summed E-state index contributed by atoms with van der Waals surface area (Å²) in [6, 6.07) is 5.76. The molecule has 2 nitrogen and oxygen atoms in total. The standard InChI is InChI=1S/C12H12BrClN2/c1-2-6-15-12-11-8(5-7-16-12)10(14)4-3-9(11)13/h3-5,7H,2,6H2,1H3,(H,15,16). The van der Waals surface area contributed by atoms with Gasteiger partial charge in [0, 0.05) is 33.0 Å². The van der Waals surface area contributed by atoms with Gasteiger partial charge in [-0.3, -0.25) is 0 Å². The van der Waals surface area contributed by atoms with E-state index in [1.807, 2.05) is 18.2 Å². The Morgan fingerprint density at radius 2 is 2.19 bits per heavy atom. The molecule has 84 valence electrons. The number of rotatable bonds is 3. The third-order valence-electron chi connectivity index (χ3n) is 2.37. The van der Waals surface area contributed by atoms with Crippen LogP contribution in [0.25, 0.3) is 10.8 Å². The van der Waals surface area contributed by atoms with Gasteiger partial charge in [0.2, 0.25) is 0 Å². The van der Waals surface area contributed by atoms with Gasteiger partial charge >= 0.3 is 0 Å². The predicted molar refractivity (Wildman–Crippen MR) is 73.2 cm³/mol. The Kier molecular flexibility index (Phi) is 3.66. The van der Waals surface area contributed by atoms with Crippen LogP contribution < -0.4 is 5.32 Å². The molecule has 0 aliphatic rings. The van der Waals surface area contributed by atoms with Crippen LogP contribution in [0.4, 0.5) is 5.82 Å². The molecule has 1 aromatic carbocycles. The fourth-order valence-electron chi connectivity index (χ4n) is 1.60. The number of nitrogens with zero attached hydrogens (tertiary/aromatic N) is 1. The smallest absolute Gasteiger partial charge is 0.135 e. The molecule has 0 saturated heterocycles. The minimum Gasteiger partial charge on any atom is -0.370 e. The molecule has 4 heteroatoms. The summed E-state index contributed by atoms with van der Waals surface area (Å²) in [4.78, 5) is 4.35. The lowest BCUT2D eigenvalue weighted by molar-refractivity contribution is 0.972. The van der Waals surface area contributed by atoms with Crippen molar-refractivity contribution < 1.29 is 0 Å². The number of hydrogen-bond acceptors (Lipinski definition) is 2. The summed E-state index contributed by atoms with van der Waals surface area (Å²) in [7, 11) is 0. The van der Waals surface area contributed by atoms with Gasteiger partial charge < -0.3 is 5.32 Å². The molecule has 2 rings (SSSR count). The summed E-state index contributed by atoms with van der Waals surface area (Å²) in [6.45, 7) is 3.03. The molecule has 0 unspecified atom stereocenters. The molecular weight excluding hydrogens is 288 g/mol. The van der Waals surface area contributed by atoms with Crippen LogP contribution in [0.3, 0.4) is 0 Å². The van der Waals surface area contributed by atoms with Gasteiger partial charge in [-0.25, -0.2) is 4.98 Å². The Morgan fingerprint density at radius 1 is 1.38 bits per heavy atom. The zero-order valence-corrected chi connectivity index (χ0v) is 11.3. The van der Waals surface area contributed by atoms with E-state index in [0.29, 0.717) is 0 Å². The molecule has 0 radical (unpaired) electrons. The average Bonchev–Trinajstić information content (AvgIpc) is 2.31. The zero-order chi connectivity index (χ0) is 11.5. The van der Waals surface area contributed by atoms with Gasteiger partial charge in [-0.1, -0.05) is 34.5 Å². The number of fused-ring (bicyclic) bond motifs is 1. The van der Waals surface area contributed by atoms with E-state index in [0.717, 1.165) is 39.1 Å². The first-order valence-electron chi connectivity index (χ1n) is 5.20. The first-order valence-corrected chi connectivity index (χ1v) is 6.37. The van der Waals surface area contributed by atoms with E-state index in [1.165, 1.54) is 0 Å². The van der Waals surface area contributed by atoms with Crippen molar-refractivity contribution in [2.75, 3.05) is 11.9 Å². The van der Waals surface area contributed by atoms with Gasteiger partial charge in [-0.2, -0.15) is 0 Å². The van der Waals surface area contributed by atoms with Crippen LogP contribution in [0, 0.1) is 0 Å². The zero-order valence-electron chi connectivity index (χ0n) is 8.93. The Labute approximate surface area is 108 Å². The summed E-state index contributed by atoms with van der Waals surface area (Å²) in [5.74, 6) is 0.883. The third-order valence-corrected chi connectivity index (χ3v) is 3.36. The number of hydrogen-bond donors (Lipinski definition) is 1. The topological polar surface area (TPSA) is 24.9 Å². The molecule has 0 fully saturated rings. The molecule has 1 aromatic heterocycles. The maximum Gasteiger partial charge on any atom is 0.135 e. The van der Waals surface area contributed by atoms with Crippen molar-refractivity contribution in [3.63, 3.8) is 0 Å². The van der Waals surface area contributed by atoms with E-state index < -0.39 is 0 Å². The van der Waals surface area contributed by atoms with Crippen LogP contribution in [0.5, 0.6) is 0 Å². The van der Waals surface area contributed by atoms with Crippen LogP contribution in [-0.4, -0.2) is 11.5 Å². The summed E-state index contributed by atoms with van der Waals surface area (Å²) >= 11 is 9.69. The van der Waals surface area contributed by atoms with E-state index in [1.54, 1.807) is 6.20 Å². The van der Waals surface area contributed by atoms with Gasteiger partial charge in [-0.05, 0) is 24.6 Å². The highest BCUT2D eigenvalue weighted by Gasteiger charge is 2.08. The fraction of sp³-hybridized carbons (Fsp3) is 0.250. The van der Waals surface area contributed by atoms with Crippen LogP contribution in [0.1, 0.15) is 13.3 Å². The molecule has 16 heavy (non-hydrogen) atoms. The molecule has 1 N–H and O–H groups in total. The number of pyridine rings is 1. The SMILES string of the molecule is CCCNc1nccc2c(Cl)ccc(Br)c12. The Morgan fingerprint density at radius 3 is 2.94 bits per heavy atom. The normalized spacial score (nSPS) is 10.7. The van der Waals surface area contributed by atoms with Crippen molar-refractivity contribution in [2.45, 2.75) is 13.3 Å². The van der Waals surface area contributed by atoms with E-state index >= 15 is 0 Å². The molecule has 0 spiro atoms. The lowest BCUT2D eigenvalue weighted by atomic mass is 10.1. The highest BCUT2D eigenvalue weighted by atomic mass is 79.9. The molecule has 0 bridgehead atoms. The van der Waals surface area contributed by atoms with Crippen molar-refractivity contribution in [2.24, 2.45) is 0 Å². The van der Waals surface area contributed by atoms with Gasteiger partial charge in [0.25, 0.3) is 0 Å². The minimum atomic E-state index is 0.750. The van der Waals surface area contributed by atoms with Crippen LogP contribution >= 0.6 is 27.5 Å². The number of anilines is 1. The highest BCUT2D eigenvalue weighted by Crippen LogP contribution is 2.33. The monoisotopic (exact) mass is 298 g/mol. The van der Waals surface area contributed by atoms with Crippen molar-refractivity contribution in [1.82, 2.24) is 4.98 Å². The van der Waals surface area contributed by atoms with Crippen LogP contribution in [0.15, 0.2) is 28.9 Å². The van der Waals surface area contributed by atoms with Gasteiger partial charge in [0.1, 0.15) is 5.82 Å². The number of aromatic nitrogens is 1. The van der Waals surface area contributed by atoms with Crippen molar-refractivity contribution in [1.29, 1.82) is 0 Å². The first-order chi connectivity index (χ1) is 7.74. The van der Waals surface area contributed by atoms with Gasteiger partial charge in [0.05, 0.1) is 0 Å². The second-order valence-corrected chi connectivity index (χ2v) is 4.80. The van der Waals surface area contributed by atoms with Crippen LogP contribution in [0.2, 0.25) is 5.02 Å². The molecule has 2 aromatic rings. The summed E-state index contributed by atoms with van der Waals surface area (Å²) in [5, 5.41) is 6.12. The molecule has 0 aliphatic heterocycles. The second kappa shape index (κ2) is 5.02. The van der Waals surface area contributed by atoms with Crippen molar-refractivity contribution >= 4 is 44.1 Å². The summed E-state index contributed by atoms with van der Waals surface area (Å²) in [5.41, 5.74) is 0. The second-order valence-electron chi connectivity index (χ2n) is 3.54. The molecule has 0 saturated carbocycles. The Hall–Kier alpha value is -0.800. The molecule has 1 heterocycles. The maximum atomic E-state index is 6.16. The largest absolute Gasteiger partial charge is 0.370 e. The predicted octanol–water partition coefficient (Wildman–Crippen LogP) is 4.47. The first kappa shape index (κ1) is 11.7. The summed E-state index contributed by atoms with van der Waals surface area (Å²) < 4.78 is 1.01. The Balaban J connectivity index is 2.61. The van der Waals surface area contributed by atoms with Crippen molar-refractivity contribution in [3.05, 3.63) is 33.9 Å².